The second-order valence-corrected chi connectivity index (χ2v) is 9.74. The Hall–Kier alpha value is -3.91. The van der Waals surface area contributed by atoms with Crippen molar-refractivity contribution in [3.05, 3.63) is 102 Å². The predicted octanol–water partition coefficient (Wildman–Crippen LogP) is 4.36. The molecule has 3 aromatic carbocycles. The van der Waals surface area contributed by atoms with E-state index in [1.165, 1.54) is 0 Å². The summed E-state index contributed by atoms with van der Waals surface area (Å²) in [6.07, 6.45) is 3.31. The van der Waals surface area contributed by atoms with E-state index in [9.17, 15) is 13.5 Å². The fourth-order valence-corrected chi connectivity index (χ4v) is 4.96. The third-order valence-corrected chi connectivity index (χ3v) is 6.62. The average molecular weight is 459 g/mol. The van der Waals surface area contributed by atoms with Crippen LogP contribution in [0.5, 0.6) is 5.75 Å². The third-order valence-electron chi connectivity index (χ3n) is 5.60. The zero-order chi connectivity index (χ0) is 23.0. The maximum atomic E-state index is 12.6. The molecule has 1 atom stereocenters. The topological polar surface area (TPSA) is 87.8 Å². The minimum absolute atomic E-state index is 0.0378. The van der Waals surface area contributed by atoms with Crippen molar-refractivity contribution in [1.82, 2.24) is 14.2 Å². The Kier molecular flexibility index (Phi) is 5.22. The lowest BCUT2D eigenvalue weighted by Crippen LogP contribution is -2.25. The first-order valence-electron chi connectivity index (χ1n) is 10.5. The zero-order valence-corrected chi connectivity index (χ0v) is 18.7. The van der Waals surface area contributed by atoms with Crippen molar-refractivity contribution in [1.29, 1.82) is 0 Å². The van der Waals surface area contributed by atoms with Crippen LogP contribution in [0.15, 0.2) is 96.2 Å². The second-order valence-electron chi connectivity index (χ2n) is 7.90. The molecule has 0 amide bonds. The molecule has 0 saturated carbocycles. The van der Waals surface area contributed by atoms with Crippen molar-refractivity contribution in [3.63, 3.8) is 0 Å². The van der Waals surface area contributed by atoms with Crippen LogP contribution in [0, 0.1) is 0 Å². The van der Waals surface area contributed by atoms with Crippen molar-refractivity contribution in [2.24, 2.45) is 5.10 Å². The summed E-state index contributed by atoms with van der Waals surface area (Å²) in [5.74, 6) is 0.0378. The summed E-state index contributed by atoms with van der Waals surface area (Å²) in [6.45, 7) is 0. The van der Waals surface area contributed by atoms with Gasteiger partial charge in [-0.1, -0.05) is 66.7 Å². The van der Waals surface area contributed by atoms with Crippen LogP contribution in [-0.2, 0) is 10.0 Å². The number of aromatic nitrogens is 2. The summed E-state index contributed by atoms with van der Waals surface area (Å²) in [5.41, 5.74) is 4.35. The van der Waals surface area contributed by atoms with E-state index in [1.807, 2.05) is 66.9 Å². The fraction of sp³-hybridized carbons (Fsp3) is 0.120. The highest BCUT2D eigenvalue weighted by atomic mass is 32.2. The number of sulfonamides is 1. The number of aromatic hydroxyl groups is 1. The first-order valence-corrected chi connectivity index (χ1v) is 12.3. The molecule has 0 fully saturated rings. The Balaban J connectivity index is 1.65. The van der Waals surface area contributed by atoms with Gasteiger partial charge in [0.05, 0.1) is 23.7 Å². The van der Waals surface area contributed by atoms with E-state index in [-0.39, 0.29) is 5.75 Å². The maximum Gasteiger partial charge on any atom is 0.247 e. The molecule has 33 heavy (non-hydrogen) atoms. The molecule has 5 rings (SSSR count). The Morgan fingerprint density at radius 3 is 2.21 bits per heavy atom. The minimum Gasteiger partial charge on any atom is -0.508 e. The monoisotopic (exact) mass is 458 g/mol. The lowest BCUT2D eigenvalue weighted by molar-refractivity contribution is 0.361. The fourth-order valence-electron chi connectivity index (χ4n) is 4.07. The zero-order valence-electron chi connectivity index (χ0n) is 17.9. The first-order chi connectivity index (χ1) is 15.9. The molecular weight excluding hydrogens is 436 g/mol. The molecule has 0 bridgehead atoms. The van der Waals surface area contributed by atoms with Crippen LogP contribution in [0.4, 0.5) is 0 Å². The Morgan fingerprint density at radius 2 is 1.55 bits per heavy atom. The minimum atomic E-state index is -3.67. The van der Waals surface area contributed by atoms with Gasteiger partial charge in [-0.25, -0.2) is 13.1 Å². The summed E-state index contributed by atoms with van der Waals surface area (Å²) < 4.78 is 28.1. The molecule has 166 valence electrons. The largest absolute Gasteiger partial charge is 0.508 e. The predicted molar refractivity (Wildman–Crippen MR) is 128 cm³/mol. The number of rotatable bonds is 5. The molecule has 1 aliphatic rings. The summed E-state index contributed by atoms with van der Waals surface area (Å²) in [7, 11) is -3.67. The van der Waals surface area contributed by atoms with Gasteiger partial charge in [-0.3, -0.25) is 0 Å². The number of phenolic OH excluding ortho intramolecular Hbond substituents is 1. The Labute approximate surface area is 192 Å². The highest BCUT2D eigenvalue weighted by Gasteiger charge is 2.37. The number of phenols is 1. The van der Waals surface area contributed by atoms with Crippen molar-refractivity contribution >= 4 is 15.7 Å². The molecule has 0 aliphatic carbocycles. The van der Waals surface area contributed by atoms with Gasteiger partial charge < -0.3 is 5.11 Å². The number of para-hydroxylation sites is 2. The Morgan fingerprint density at radius 1 is 0.909 bits per heavy atom. The number of hydrogen-bond acceptors (Lipinski definition) is 5. The van der Waals surface area contributed by atoms with Crippen LogP contribution in [0.1, 0.15) is 23.6 Å². The van der Waals surface area contributed by atoms with Crippen molar-refractivity contribution in [2.75, 3.05) is 6.26 Å². The van der Waals surface area contributed by atoms with E-state index in [2.05, 4.69) is 5.10 Å². The van der Waals surface area contributed by atoms with E-state index in [0.29, 0.717) is 23.4 Å². The van der Waals surface area contributed by atoms with Gasteiger partial charge >= 0.3 is 0 Å². The molecular formula is C25H22N4O3S. The summed E-state index contributed by atoms with van der Waals surface area (Å²) in [4.78, 5) is 0. The van der Waals surface area contributed by atoms with E-state index in [0.717, 1.165) is 27.5 Å². The first kappa shape index (κ1) is 21.0. The normalized spacial score (nSPS) is 16.1. The summed E-state index contributed by atoms with van der Waals surface area (Å²) in [6, 6.07) is 25.6. The number of benzene rings is 3. The van der Waals surface area contributed by atoms with Crippen LogP contribution >= 0.6 is 0 Å². The average Bonchev–Trinajstić information content (AvgIpc) is 3.46. The number of hydrazone groups is 1. The van der Waals surface area contributed by atoms with Gasteiger partial charge in [-0.15, -0.1) is 0 Å². The van der Waals surface area contributed by atoms with Gasteiger partial charge in [-0.2, -0.15) is 14.6 Å². The van der Waals surface area contributed by atoms with Crippen molar-refractivity contribution in [3.8, 4) is 22.7 Å². The summed E-state index contributed by atoms with van der Waals surface area (Å²) >= 11 is 0. The molecule has 8 heteroatoms. The molecule has 0 spiro atoms. The number of hydrogen-bond donors (Lipinski definition) is 1. The van der Waals surface area contributed by atoms with Gasteiger partial charge in [0, 0.05) is 29.3 Å². The van der Waals surface area contributed by atoms with Crippen molar-refractivity contribution in [2.45, 2.75) is 12.5 Å². The lowest BCUT2D eigenvalue weighted by atomic mass is 9.97. The highest BCUT2D eigenvalue weighted by Crippen LogP contribution is 2.39. The standard InChI is InChI=1S/C25H22N4O3S/c1-33(31,32)29-23(20-14-8-9-15-24(20)30)16-22(26-29)21-17-28(19-12-6-3-7-13-19)27-25(21)18-10-4-2-5-11-18/h2-15,17,23,30H,16H2,1H3/t23-/m1/s1. The van der Waals surface area contributed by atoms with Gasteiger partial charge in [0.15, 0.2) is 0 Å². The van der Waals surface area contributed by atoms with Crippen LogP contribution in [0.2, 0.25) is 0 Å². The molecule has 1 aromatic heterocycles. The van der Waals surface area contributed by atoms with Gasteiger partial charge in [0.25, 0.3) is 0 Å². The molecule has 0 unspecified atom stereocenters. The number of nitrogens with zero attached hydrogens (tertiary/aromatic N) is 4. The molecule has 1 aliphatic heterocycles. The van der Waals surface area contributed by atoms with Gasteiger partial charge in [0.2, 0.25) is 10.0 Å². The molecule has 0 saturated heterocycles. The summed E-state index contributed by atoms with van der Waals surface area (Å²) in [5, 5.41) is 19.7. The van der Waals surface area contributed by atoms with Crippen LogP contribution in [0.3, 0.4) is 0 Å². The molecule has 7 nitrogen and oxygen atoms in total. The SMILES string of the molecule is CS(=O)(=O)N1N=C(c2cn(-c3ccccc3)nc2-c2ccccc2)C[C@@H]1c1ccccc1O. The third kappa shape index (κ3) is 4.01. The molecule has 1 N–H and O–H groups in total. The van der Waals surface area contributed by atoms with Crippen LogP contribution in [0.25, 0.3) is 16.9 Å². The van der Waals surface area contributed by atoms with Crippen molar-refractivity contribution < 1.29 is 13.5 Å². The second kappa shape index (κ2) is 8.22. The van der Waals surface area contributed by atoms with E-state index < -0.39 is 16.1 Å². The van der Waals surface area contributed by atoms with E-state index >= 15 is 0 Å². The van der Waals surface area contributed by atoms with E-state index in [1.54, 1.807) is 28.9 Å². The lowest BCUT2D eigenvalue weighted by Gasteiger charge is -2.22. The molecule has 4 aromatic rings. The molecule has 2 heterocycles. The molecule has 0 radical (unpaired) electrons. The highest BCUT2D eigenvalue weighted by molar-refractivity contribution is 7.88. The maximum absolute atomic E-state index is 12.6. The van der Waals surface area contributed by atoms with Gasteiger partial charge in [0.1, 0.15) is 11.4 Å². The quantitative estimate of drug-likeness (QED) is 0.481. The Bertz CT molecular complexity index is 1430. The van der Waals surface area contributed by atoms with E-state index in [4.69, 9.17) is 5.10 Å². The smallest absolute Gasteiger partial charge is 0.247 e. The van der Waals surface area contributed by atoms with Gasteiger partial charge in [-0.05, 0) is 18.2 Å². The van der Waals surface area contributed by atoms with Crippen LogP contribution in [-0.4, -0.2) is 39.7 Å². The van der Waals surface area contributed by atoms with Crippen LogP contribution < -0.4 is 0 Å².